The minimum Gasteiger partial charge on any atom is -0.464 e. The number of carbonyl (C=O) groups excluding carboxylic acids is 2. The maximum absolute atomic E-state index is 12.3. The van der Waals surface area contributed by atoms with E-state index in [-0.39, 0.29) is 31.3 Å². The van der Waals surface area contributed by atoms with E-state index in [4.69, 9.17) is 9.68 Å². The fourth-order valence-corrected chi connectivity index (χ4v) is 3.63. The van der Waals surface area contributed by atoms with Gasteiger partial charge in [0.05, 0.1) is 18.3 Å². The first-order valence-electron chi connectivity index (χ1n) is 9.51. The van der Waals surface area contributed by atoms with Gasteiger partial charge in [0.15, 0.2) is 0 Å². The van der Waals surface area contributed by atoms with Gasteiger partial charge in [-0.25, -0.2) is 4.79 Å². The smallest absolute Gasteiger partial charge is 0.464 e. The summed E-state index contributed by atoms with van der Waals surface area (Å²) in [4.78, 5) is 25.8. The number of carbonyl (C=O) groups is 2. The Morgan fingerprint density at radius 2 is 2.17 bits per heavy atom. The number of nitrogens with one attached hydrogen (secondary N) is 2. The van der Waals surface area contributed by atoms with Crippen LogP contribution in [-0.2, 0) is 11.2 Å². The van der Waals surface area contributed by atoms with Crippen molar-refractivity contribution >= 4 is 30.0 Å². The molecule has 1 aliphatic rings. The summed E-state index contributed by atoms with van der Waals surface area (Å²) in [5.41, 5.74) is 1.43. The van der Waals surface area contributed by atoms with Crippen LogP contribution in [0.5, 0.6) is 0 Å². The van der Waals surface area contributed by atoms with Gasteiger partial charge in [-0.1, -0.05) is 18.2 Å². The molecule has 1 fully saturated rings. The second kappa shape index (κ2) is 9.45. The van der Waals surface area contributed by atoms with E-state index in [9.17, 15) is 19.6 Å². The van der Waals surface area contributed by atoms with Crippen molar-refractivity contribution in [2.24, 2.45) is 0 Å². The van der Waals surface area contributed by atoms with Gasteiger partial charge in [0.25, 0.3) is 0 Å². The van der Waals surface area contributed by atoms with Crippen molar-refractivity contribution in [1.82, 2.24) is 15.5 Å². The molecular formula is C19H23BN4O5. The predicted octanol–water partition coefficient (Wildman–Crippen LogP) is 0.560. The topological polar surface area (TPSA) is 139 Å². The van der Waals surface area contributed by atoms with Crippen molar-refractivity contribution in [2.75, 3.05) is 13.1 Å². The van der Waals surface area contributed by atoms with Crippen LogP contribution in [-0.4, -0.2) is 59.1 Å². The van der Waals surface area contributed by atoms with E-state index in [1.807, 2.05) is 30.3 Å². The molecule has 0 bridgehead atoms. The number of benzene rings is 1. The largest absolute Gasteiger partial charge is 0.475 e. The lowest BCUT2D eigenvalue weighted by molar-refractivity contribution is -0.130. The van der Waals surface area contributed by atoms with Crippen molar-refractivity contribution < 1.29 is 24.1 Å². The molecule has 0 spiro atoms. The quantitative estimate of drug-likeness (QED) is 0.503. The van der Waals surface area contributed by atoms with Crippen molar-refractivity contribution in [3.8, 4) is 6.07 Å². The first kappa shape index (κ1) is 20.7. The number of hydrogen-bond donors (Lipinski definition) is 4. The van der Waals surface area contributed by atoms with Gasteiger partial charge in [-0.05, 0) is 30.9 Å². The lowest BCUT2D eigenvalue weighted by atomic mass is 9.76. The predicted molar refractivity (Wildman–Crippen MR) is 105 cm³/mol. The number of amides is 3. The number of likely N-dealkylation sites (tertiary alicyclic amines) is 1. The lowest BCUT2D eigenvalue weighted by Crippen LogP contribution is -2.53. The molecule has 9 nitrogen and oxygen atoms in total. The molecule has 10 heteroatoms. The highest BCUT2D eigenvalue weighted by molar-refractivity contribution is 6.43. The van der Waals surface area contributed by atoms with Crippen LogP contribution in [0.15, 0.2) is 34.9 Å². The average Bonchev–Trinajstić information content (AvgIpc) is 3.33. The van der Waals surface area contributed by atoms with Crippen molar-refractivity contribution in [2.45, 2.75) is 37.7 Å². The molecule has 0 aliphatic carbocycles. The summed E-state index contributed by atoms with van der Waals surface area (Å²) in [7, 11) is -1.76. The van der Waals surface area contributed by atoms with Crippen molar-refractivity contribution in [1.29, 1.82) is 5.26 Å². The molecule has 2 aromatic rings. The highest BCUT2D eigenvalue weighted by Crippen LogP contribution is 2.22. The minimum absolute atomic E-state index is 0.170. The molecule has 3 rings (SSSR count). The van der Waals surface area contributed by atoms with Gasteiger partial charge in [0.2, 0.25) is 5.91 Å². The molecule has 4 N–H and O–H groups in total. The average molecular weight is 398 g/mol. The zero-order valence-electron chi connectivity index (χ0n) is 15.9. The van der Waals surface area contributed by atoms with Gasteiger partial charge in [0.1, 0.15) is 12.0 Å². The molecule has 3 amide bonds. The molecule has 1 aliphatic heterocycles. The number of rotatable bonds is 7. The molecule has 2 unspecified atom stereocenters. The summed E-state index contributed by atoms with van der Waals surface area (Å²) in [6, 6.07) is 8.49. The summed E-state index contributed by atoms with van der Waals surface area (Å²) in [5, 5.41) is 34.2. The Hall–Kier alpha value is -3.03. The normalized spacial score (nSPS) is 17.0. The maximum atomic E-state index is 12.3. The fraction of sp³-hybridized carbons (Fsp3) is 0.421. The molecule has 29 heavy (non-hydrogen) atoms. The first-order valence-corrected chi connectivity index (χ1v) is 9.51. The number of para-hydroxylation sites is 1. The Morgan fingerprint density at radius 3 is 2.93 bits per heavy atom. The van der Waals surface area contributed by atoms with Gasteiger partial charge in [-0.2, -0.15) is 5.26 Å². The molecule has 1 aromatic carbocycles. The monoisotopic (exact) mass is 398 g/mol. The van der Waals surface area contributed by atoms with Crippen LogP contribution in [0.3, 0.4) is 0 Å². The number of nitrogens with zero attached hydrogens (tertiary/aromatic N) is 2. The number of fused-ring (bicyclic) bond motifs is 1. The van der Waals surface area contributed by atoms with Crippen LogP contribution in [0.2, 0.25) is 0 Å². The summed E-state index contributed by atoms with van der Waals surface area (Å²) in [6.07, 6.45) is 3.09. The van der Waals surface area contributed by atoms with E-state index in [1.54, 1.807) is 4.90 Å². The third kappa shape index (κ3) is 5.07. The van der Waals surface area contributed by atoms with Gasteiger partial charge >= 0.3 is 13.1 Å². The number of nitriles is 1. The highest BCUT2D eigenvalue weighted by atomic mass is 16.4. The summed E-state index contributed by atoms with van der Waals surface area (Å²) in [6.45, 7) is 0.798. The molecular weight excluding hydrogens is 375 g/mol. The second-order valence-corrected chi connectivity index (χ2v) is 7.05. The van der Waals surface area contributed by atoms with E-state index < -0.39 is 19.1 Å². The van der Waals surface area contributed by atoms with E-state index >= 15 is 0 Å². The molecule has 2 atom stereocenters. The lowest BCUT2D eigenvalue weighted by Gasteiger charge is -2.25. The molecule has 0 radical (unpaired) electrons. The van der Waals surface area contributed by atoms with Gasteiger partial charge in [0, 0.05) is 24.5 Å². The van der Waals surface area contributed by atoms with Crippen molar-refractivity contribution in [3.05, 3.63) is 36.1 Å². The fourth-order valence-electron chi connectivity index (χ4n) is 3.63. The maximum Gasteiger partial charge on any atom is 0.475 e. The minimum atomic E-state index is -1.76. The van der Waals surface area contributed by atoms with Gasteiger partial charge in [-0.3, -0.25) is 4.79 Å². The van der Waals surface area contributed by atoms with Gasteiger partial charge < -0.3 is 30.0 Å². The number of urea groups is 1. The Kier molecular flexibility index (Phi) is 6.75. The van der Waals surface area contributed by atoms with Crippen LogP contribution >= 0.6 is 0 Å². The summed E-state index contributed by atoms with van der Waals surface area (Å²) >= 11 is 0. The Bertz CT molecular complexity index is 909. The van der Waals surface area contributed by atoms with Crippen LogP contribution in [0, 0.1) is 11.3 Å². The summed E-state index contributed by atoms with van der Waals surface area (Å²) < 4.78 is 5.45. The molecule has 0 saturated carbocycles. The van der Waals surface area contributed by atoms with Crippen LogP contribution < -0.4 is 10.6 Å². The van der Waals surface area contributed by atoms with E-state index in [1.165, 1.54) is 6.26 Å². The Morgan fingerprint density at radius 1 is 1.38 bits per heavy atom. The van der Waals surface area contributed by atoms with E-state index in [0.717, 1.165) is 23.8 Å². The van der Waals surface area contributed by atoms with E-state index in [0.29, 0.717) is 12.1 Å². The molecule has 152 valence electrons. The standard InChI is InChI=1S/C19H23BN4O5/c21-8-7-18(25)24-9-3-4-14(24)11-22-19(26)23-17(20(27)28)10-13-12-29-16-6-2-1-5-15(13)16/h1-2,5-6,12,14,17,27-28H,3-4,7,9-11H2,(H2,22,23,26). The van der Waals surface area contributed by atoms with Crippen LogP contribution in [0.1, 0.15) is 24.8 Å². The highest BCUT2D eigenvalue weighted by Gasteiger charge is 2.30. The first-order chi connectivity index (χ1) is 14.0. The zero-order chi connectivity index (χ0) is 20.8. The summed E-state index contributed by atoms with van der Waals surface area (Å²) in [5.74, 6) is -1.18. The molecule has 1 aromatic heterocycles. The van der Waals surface area contributed by atoms with Crippen LogP contribution in [0.25, 0.3) is 11.0 Å². The van der Waals surface area contributed by atoms with Crippen LogP contribution in [0.4, 0.5) is 4.79 Å². The number of furan rings is 1. The van der Waals surface area contributed by atoms with E-state index in [2.05, 4.69) is 10.6 Å². The van der Waals surface area contributed by atoms with Crippen molar-refractivity contribution in [3.63, 3.8) is 0 Å². The Balaban J connectivity index is 1.56. The third-order valence-corrected chi connectivity index (χ3v) is 5.10. The number of hydrogen-bond acceptors (Lipinski definition) is 6. The SMILES string of the molecule is N#CCC(=O)N1CCCC1CNC(=O)NC(Cc1coc2ccccc12)B(O)O. The second-order valence-electron chi connectivity index (χ2n) is 7.05. The Labute approximate surface area is 168 Å². The molecule has 1 saturated heterocycles. The molecule has 2 heterocycles. The zero-order valence-corrected chi connectivity index (χ0v) is 15.9. The third-order valence-electron chi connectivity index (χ3n) is 5.10. The van der Waals surface area contributed by atoms with Gasteiger partial charge in [-0.15, -0.1) is 0 Å².